The smallest absolute Gasteiger partial charge is 0.250 e. The highest BCUT2D eigenvalue weighted by molar-refractivity contribution is 5.10. The zero-order valence-corrected chi connectivity index (χ0v) is 12.0. The molecule has 1 heterocycles. The fraction of sp³-hybridized carbons (Fsp3) is 0.706. The Morgan fingerprint density at radius 1 is 1.05 bits per heavy atom. The molecule has 3 heteroatoms. The van der Waals surface area contributed by atoms with Gasteiger partial charge in [0.25, 0.3) is 5.56 Å². The van der Waals surface area contributed by atoms with E-state index in [1.54, 1.807) is 6.07 Å². The minimum absolute atomic E-state index is 0.135. The standard InChI is InChI=1S/C17H24N2O/c18-8-11-1-2-17(20)19(9-11)10-16-14-4-12-3-13(6-14)7-15(16)5-12/h1-2,9,12-16H,3-8,10,18H2. The van der Waals surface area contributed by atoms with Gasteiger partial charge in [0.2, 0.25) is 0 Å². The van der Waals surface area contributed by atoms with Crippen LogP contribution in [0.2, 0.25) is 0 Å². The van der Waals surface area contributed by atoms with Crippen LogP contribution in [0.1, 0.15) is 37.7 Å². The van der Waals surface area contributed by atoms with Gasteiger partial charge in [0.1, 0.15) is 0 Å². The molecule has 0 amide bonds. The number of nitrogens with two attached hydrogens (primary N) is 1. The summed E-state index contributed by atoms with van der Waals surface area (Å²) in [5.41, 5.74) is 6.90. The fourth-order valence-corrected chi connectivity index (χ4v) is 5.41. The number of rotatable bonds is 3. The molecule has 4 aliphatic rings. The lowest BCUT2D eigenvalue weighted by molar-refractivity contribution is -0.0433. The molecule has 0 radical (unpaired) electrons. The van der Waals surface area contributed by atoms with Gasteiger partial charge in [-0.3, -0.25) is 4.79 Å². The second-order valence-corrected chi connectivity index (χ2v) is 7.33. The van der Waals surface area contributed by atoms with E-state index in [9.17, 15) is 4.79 Å². The fourth-order valence-electron chi connectivity index (χ4n) is 5.41. The largest absolute Gasteiger partial charge is 0.326 e. The molecule has 0 aliphatic heterocycles. The lowest BCUT2D eigenvalue weighted by Gasteiger charge is -2.54. The zero-order valence-electron chi connectivity index (χ0n) is 12.0. The van der Waals surface area contributed by atoms with Crippen molar-refractivity contribution in [2.24, 2.45) is 35.3 Å². The minimum Gasteiger partial charge on any atom is -0.326 e. The first-order valence-corrected chi connectivity index (χ1v) is 8.12. The lowest BCUT2D eigenvalue weighted by atomic mass is 9.52. The summed E-state index contributed by atoms with van der Waals surface area (Å²) >= 11 is 0. The van der Waals surface area contributed by atoms with Gasteiger partial charge in [-0.2, -0.15) is 0 Å². The third-order valence-corrected chi connectivity index (χ3v) is 6.11. The van der Waals surface area contributed by atoms with E-state index in [-0.39, 0.29) is 5.56 Å². The molecule has 1 aromatic rings. The molecule has 0 unspecified atom stereocenters. The summed E-state index contributed by atoms with van der Waals surface area (Å²) in [4.78, 5) is 12.1. The van der Waals surface area contributed by atoms with E-state index in [2.05, 4.69) is 0 Å². The van der Waals surface area contributed by atoms with E-state index in [0.29, 0.717) is 6.54 Å². The summed E-state index contributed by atoms with van der Waals surface area (Å²) in [5.74, 6) is 4.48. The van der Waals surface area contributed by atoms with Crippen molar-refractivity contribution in [3.8, 4) is 0 Å². The van der Waals surface area contributed by atoms with Crippen LogP contribution in [-0.4, -0.2) is 4.57 Å². The van der Waals surface area contributed by atoms with Crippen molar-refractivity contribution in [1.29, 1.82) is 0 Å². The molecular weight excluding hydrogens is 248 g/mol. The van der Waals surface area contributed by atoms with Gasteiger partial charge in [0, 0.05) is 25.4 Å². The molecule has 0 atom stereocenters. The summed E-state index contributed by atoms with van der Waals surface area (Å²) < 4.78 is 1.93. The lowest BCUT2D eigenvalue weighted by Crippen LogP contribution is -2.47. The Morgan fingerprint density at radius 2 is 1.70 bits per heavy atom. The van der Waals surface area contributed by atoms with Gasteiger partial charge in [-0.05, 0) is 67.3 Å². The van der Waals surface area contributed by atoms with Crippen molar-refractivity contribution < 1.29 is 0 Å². The maximum absolute atomic E-state index is 12.1. The molecule has 4 saturated carbocycles. The quantitative estimate of drug-likeness (QED) is 0.918. The Hall–Kier alpha value is -1.09. The molecule has 5 rings (SSSR count). The Balaban J connectivity index is 1.59. The molecule has 4 bridgehead atoms. The molecular formula is C17H24N2O. The van der Waals surface area contributed by atoms with Crippen molar-refractivity contribution >= 4 is 0 Å². The van der Waals surface area contributed by atoms with Crippen LogP contribution in [0.25, 0.3) is 0 Å². The van der Waals surface area contributed by atoms with Crippen LogP contribution < -0.4 is 11.3 Å². The summed E-state index contributed by atoms with van der Waals surface area (Å²) in [5, 5.41) is 0. The van der Waals surface area contributed by atoms with E-state index in [0.717, 1.165) is 41.7 Å². The highest BCUT2D eigenvalue weighted by atomic mass is 16.1. The molecule has 4 aliphatic carbocycles. The van der Waals surface area contributed by atoms with E-state index >= 15 is 0 Å². The van der Waals surface area contributed by atoms with Gasteiger partial charge >= 0.3 is 0 Å². The number of pyridine rings is 1. The summed E-state index contributed by atoms with van der Waals surface area (Å²) in [7, 11) is 0. The molecule has 0 saturated heterocycles. The van der Waals surface area contributed by atoms with Crippen LogP contribution >= 0.6 is 0 Å². The Bertz CT molecular complexity index is 534. The zero-order chi connectivity index (χ0) is 13.7. The summed E-state index contributed by atoms with van der Waals surface area (Å²) in [6.45, 7) is 1.43. The maximum Gasteiger partial charge on any atom is 0.250 e. The molecule has 0 aromatic carbocycles. The third kappa shape index (κ3) is 2.03. The molecule has 108 valence electrons. The van der Waals surface area contributed by atoms with Gasteiger partial charge in [-0.1, -0.05) is 6.07 Å². The SMILES string of the molecule is NCc1ccc(=O)n(CC2C3CC4CC(C3)CC2C4)c1. The topological polar surface area (TPSA) is 48.0 Å². The van der Waals surface area contributed by atoms with E-state index in [1.165, 1.54) is 32.1 Å². The Kier molecular flexibility index (Phi) is 2.99. The van der Waals surface area contributed by atoms with Crippen LogP contribution in [0.15, 0.2) is 23.1 Å². The van der Waals surface area contributed by atoms with Gasteiger partial charge < -0.3 is 10.3 Å². The van der Waals surface area contributed by atoms with Crippen molar-refractivity contribution in [3.63, 3.8) is 0 Å². The van der Waals surface area contributed by atoms with Crippen LogP contribution in [0, 0.1) is 29.6 Å². The van der Waals surface area contributed by atoms with E-state index in [4.69, 9.17) is 5.73 Å². The maximum atomic E-state index is 12.1. The molecule has 1 aromatic heterocycles. The third-order valence-electron chi connectivity index (χ3n) is 6.11. The first-order chi connectivity index (χ1) is 9.72. The molecule has 20 heavy (non-hydrogen) atoms. The van der Waals surface area contributed by atoms with Crippen molar-refractivity contribution in [2.45, 2.75) is 45.2 Å². The Labute approximate surface area is 120 Å². The minimum atomic E-state index is 0.135. The predicted octanol–water partition coefficient (Wildman–Crippen LogP) is 2.38. The average molecular weight is 272 g/mol. The van der Waals surface area contributed by atoms with Gasteiger partial charge in [-0.25, -0.2) is 0 Å². The van der Waals surface area contributed by atoms with Gasteiger partial charge in [-0.15, -0.1) is 0 Å². The monoisotopic (exact) mass is 272 g/mol. The Morgan fingerprint density at radius 3 is 2.30 bits per heavy atom. The van der Waals surface area contributed by atoms with Crippen molar-refractivity contribution in [2.75, 3.05) is 0 Å². The normalized spacial score (nSPS) is 38.4. The van der Waals surface area contributed by atoms with Gasteiger partial charge in [0.05, 0.1) is 0 Å². The molecule has 2 N–H and O–H groups in total. The van der Waals surface area contributed by atoms with Crippen LogP contribution in [-0.2, 0) is 13.1 Å². The highest BCUT2D eigenvalue weighted by Crippen LogP contribution is 2.56. The average Bonchev–Trinajstić information content (AvgIpc) is 2.44. The molecule has 4 fully saturated rings. The van der Waals surface area contributed by atoms with Crippen LogP contribution in [0.5, 0.6) is 0 Å². The molecule has 3 nitrogen and oxygen atoms in total. The summed E-state index contributed by atoms with van der Waals surface area (Å²) in [6, 6.07) is 3.54. The second-order valence-electron chi connectivity index (χ2n) is 7.33. The van der Waals surface area contributed by atoms with Crippen LogP contribution in [0.3, 0.4) is 0 Å². The number of nitrogens with zero attached hydrogens (tertiary/aromatic N) is 1. The van der Waals surface area contributed by atoms with Crippen molar-refractivity contribution in [3.05, 3.63) is 34.2 Å². The predicted molar refractivity (Wildman–Crippen MR) is 79.1 cm³/mol. The first kappa shape index (κ1) is 12.6. The number of aromatic nitrogens is 1. The highest BCUT2D eigenvalue weighted by Gasteiger charge is 2.47. The van der Waals surface area contributed by atoms with Crippen LogP contribution in [0.4, 0.5) is 0 Å². The van der Waals surface area contributed by atoms with Crippen molar-refractivity contribution in [1.82, 2.24) is 4.57 Å². The van der Waals surface area contributed by atoms with E-state index < -0.39 is 0 Å². The second kappa shape index (κ2) is 4.73. The number of hydrogen-bond acceptors (Lipinski definition) is 2. The van der Waals surface area contributed by atoms with Gasteiger partial charge in [0.15, 0.2) is 0 Å². The first-order valence-electron chi connectivity index (χ1n) is 8.12. The number of hydrogen-bond donors (Lipinski definition) is 1. The summed E-state index contributed by atoms with van der Waals surface area (Å²) in [6.07, 6.45) is 9.15. The van der Waals surface area contributed by atoms with E-state index in [1.807, 2.05) is 16.8 Å². The molecule has 0 spiro atoms.